The average Bonchev–Trinajstić information content (AvgIpc) is 3.20. The van der Waals surface area contributed by atoms with Gasteiger partial charge in [0.25, 0.3) is 0 Å². The lowest BCUT2D eigenvalue weighted by atomic mass is 9.93. The number of benzene rings is 1. The summed E-state index contributed by atoms with van der Waals surface area (Å²) in [6.45, 7) is 7.35. The van der Waals surface area contributed by atoms with Crippen LogP contribution in [0.5, 0.6) is 0 Å². The summed E-state index contributed by atoms with van der Waals surface area (Å²) in [5.41, 5.74) is 1.30. The highest BCUT2D eigenvalue weighted by Crippen LogP contribution is 2.43. The first-order valence-corrected chi connectivity index (χ1v) is 9.21. The van der Waals surface area contributed by atoms with Gasteiger partial charge in [-0.25, -0.2) is 0 Å². The number of hydrogen-bond acceptors (Lipinski definition) is 2. The minimum absolute atomic E-state index is 0.895. The van der Waals surface area contributed by atoms with Gasteiger partial charge in [-0.3, -0.25) is 4.90 Å². The molecule has 1 aromatic carbocycles. The predicted molar refractivity (Wildman–Crippen MR) is 97.2 cm³/mol. The van der Waals surface area contributed by atoms with E-state index in [0.717, 1.165) is 24.3 Å². The molecule has 0 aromatic heterocycles. The minimum atomic E-state index is 0.895. The fraction of sp³-hybridized carbons (Fsp3) is 0.524. The van der Waals surface area contributed by atoms with Gasteiger partial charge in [0.05, 0.1) is 0 Å². The zero-order valence-electron chi connectivity index (χ0n) is 14.0. The second-order valence-electron chi connectivity index (χ2n) is 7.45. The molecule has 3 aliphatic rings. The number of rotatable bonds is 5. The molecule has 2 heteroatoms. The molecule has 2 fully saturated rings. The van der Waals surface area contributed by atoms with Gasteiger partial charge >= 0.3 is 0 Å². The fourth-order valence-corrected chi connectivity index (χ4v) is 4.49. The molecule has 2 bridgehead atoms. The summed E-state index contributed by atoms with van der Waals surface area (Å²) in [7, 11) is 0. The number of piperazine rings is 1. The summed E-state index contributed by atoms with van der Waals surface area (Å²) >= 11 is 0. The van der Waals surface area contributed by atoms with Gasteiger partial charge in [-0.2, -0.15) is 0 Å². The number of nitrogens with zero attached hydrogens (tertiary/aromatic N) is 2. The lowest BCUT2D eigenvalue weighted by Crippen LogP contribution is -2.47. The van der Waals surface area contributed by atoms with Gasteiger partial charge in [-0.15, -0.1) is 0 Å². The molecule has 1 saturated carbocycles. The number of allylic oxidation sites excluding steroid dienone is 2. The minimum Gasteiger partial charge on any atom is -0.300 e. The molecule has 2 aliphatic carbocycles. The van der Waals surface area contributed by atoms with Crippen LogP contribution in [-0.4, -0.2) is 49.1 Å². The Labute approximate surface area is 140 Å². The molecule has 2 nitrogen and oxygen atoms in total. The van der Waals surface area contributed by atoms with E-state index in [1.807, 2.05) is 0 Å². The van der Waals surface area contributed by atoms with Crippen LogP contribution in [0.4, 0.5) is 0 Å². The first-order chi connectivity index (χ1) is 11.4. The fourth-order valence-electron chi connectivity index (χ4n) is 4.49. The van der Waals surface area contributed by atoms with Gasteiger partial charge < -0.3 is 4.90 Å². The Morgan fingerprint density at radius 2 is 1.70 bits per heavy atom. The van der Waals surface area contributed by atoms with E-state index in [1.54, 1.807) is 0 Å². The average molecular weight is 308 g/mol. The molecule has 1 heterocycles. The SMILES string of the molecule is C1=C[C@H]2C[C@H]1C[C@@H]2CN1CCN(C/C=C\c2ccccc2)CC1. The van der Waals surface area contributed by atoms with Crippen LogP contribution in [0.25, 0.3) is 6.08 Å². The molecular weight excluding hydrogens is 280 g/mol. The van der Waals surface area contributed by atoms with Gasteiger partial charge in [0, 0.05) is 39.3 Å². The van der Waals surface area contributed by atoms with Crippen molar-refractivity contribution in [1.29, 1.82) is 0 Å². The topological polar surface area (TPSA) is 6.48 Å². The largest absolute Gasteiger partial charge is 0.300 e. The molecule has 1 saturated heterocycles. The van der Waals surface area contributed by atoms with E-state index in [2.05, 4.69) is 64.4 Å². The van der Waals surface area contributed by atoms with E-state index in [4.69, 9.17) is 0 Å². The van der Waals surface area contributed by atoms with Crippen molar-refractivity contribution >= 4 is 6.08 Å². The molecule has 0 unspecified atom stereocenters. The highest BCUT2D eigenvalue weighted by Gasteiger charge is 2.36. The van der Waals surface area contributed by atoms with Crippen LogP contribution in [0.2, 0.25) is 0 Å². The van der Waals surface area contributed by atoms with Crippen LogP contribution in [0, 0.1) is 17.8 Å². The summed E-state index contributed by atoms with van der Waals surface area (Å²) in [6.07, 6.45) is 12.4. The highest BCUT2D eigenvalue weighted by molar-refractivity contribution is 5.48. The van der Waals surface area contributed by atoms with Crippen molar-refractivity contribution in [3.63, 3.8) is 0 Å². The van der Waals surface area contributed by atoms with E-state index in [1.165, 1.54) is 51.1 Å². The van der Waals surface area contributed by atoms with Crippen molar-refractivity contribution in [3.05, 3.63) is 54.1 Å². The summed E-state index contributed by atoms with van der Waals surface area (Å²) in [5.74, 6) is 2.75. The standard InChI is InChI=1S/C21H28N2/c1-2-5-18(6-3-1)7-4-10-22-11-13-23(14-12-22)17-21-16-19-8-9-20(21)15-19/h1-9,19-21H,10-17H2/b7-4-/t19-,20-,21+/m0/s1. The summed E-state index contributed by atoms with van der Waals surface area (Å²) in [6, 6.07) is 10.6. The second-order valence-corrected chi connectivity index (χ2v) is 7.45. The quantitative estimate of drug-likeness (QED) is 0.768. The van der Waals surface area contributed by atoms with Crippen LogP contribution < -0.4 is 0 Å². The van der Waals surface area contributed by atoms with Gasteiger partial charge in [0.15, 0.2) is 0 Å². The van der Waals surface area contributed by atoms with Crippen LogP contribution in [0.15, 0.2) is 48.6 Å². The molecule has 1 aliphatic heterocycles. The molecule has 0 spiro atoms. The monoisotopic (exact) mass is 308 g/mol. The van der Waals surface area contributed by atoms with Crippen LogP contribution in [0.1, 0.15) is 18.4 Å². The zero-order chi connectivity index (χ0) is 15.5. The molecule has 0 radical (unpaired) electrons. The molecular formula is C21H28N2. The molecule has 1 aromatic rings. The Morgan fingerprint density at radius 3 is 2.39 bits per heavy atom. The van der Waals surface area contributed by atoms with Crippen LogP contribution in [-0.2, 0) is 0 Å². The van der Waals surface area contributed by atoms with Gasteiger partial charge in [-0.1, -0.05) is 54.6 Å². The van der Waals surface area contributed by atoms with Crippen molar-refractivity contribution < 1.29 is 0 Å². The summed E-state index contributed by atoms with van der Waals surface area (Å²) < 4.78 is 0. The molecule has 4 rings (SSSR count). The number of hydrogen-bond donors (Lipinski definition) is 0. The Hall–Kier alpha value is -1.38. The lowest BCUT2D eigenvalue weighted by molar-refractivity contribution is 0.121. The second kappa shape index (κ2) is 7.02. The maximum Gasteiger partial charge on any atom is 0.0167 e. The first kappa shape index (κ1) is 15.2. The normalized spacial score (nSPS) is 31.4. The van der Waals surface area contributed by atoms with Crippen molar-refractivity contribution in [3.8, 4) is 0 Å². The molecule has 23 heavy (non-hydrogen) atoms. The van der Waals surface area contributed by atoms with Crippen molar-refractivity contribution in [1.82, 2.24) is 9.80 Å². The van der Waals surface area contributed by atoms with E-state index >= 15 is 0 Å². The summed E-state index contributed by atoms with van der Waals surface area (Å²) in [4.78, 5) is 5.28. The Kier molecular flexibility index (Phi) is 4.63. The Balaban J connectivity index is 1.19. The van der Waals surface area contributed by atoms with Crippen molar-refractivity contribution in [2.24, 2.45) is 17.8 Å². The molecule has 3 atom stereocenters. The first-order valence-electron chi connectivity index (χ1n) is 9.21. The van der Waals surface area contributed by atoms with Gasteiger partial charge in [0.2, 0.25) is 0 Å². The van der Waals surface area contributed by atoms with E-state index in [0.29, 0.717) is 0 Å². The highest BCUT2D eigenvalue weighted by atomic mass is 15.3. The smallest absolute Gasteiger partial charge is 0.0167 e. The van der Waals surface area contributed by atoms with Crippen LogP contribution >= 0.6 is 0 Å². The zero-order valence-corrected chi connectivity index (χ0v) is 14.0. The lowest BCUT2D eigenvalue weighted by Gasteiger charge is -2.36. The number of fused-ring (bicyclic) bond motifs is 2. The third-order valence-electron chi connectivity index (χ3n) is 5.85. The third kappa shape index (κ3) is 3.76. The van der Waals surface area contributed by atoms with Gasteiger partial charge in [-0.05, 0) is 36.2 Å². The molecule has 0 amide bonds. The van der Waals surface area contributed by atoms with Gasteiger partial charge in [0.1, 0.15) is 0 Å². The van der Waals surface area contributed by atoms with E-state index < -0.39 is 0 Å². The van der Waals surface area contributed by atoms with E-state index in [9.17, 15) is 0 Å². The maximum absolute atomic E-state index is 2.70. The van der Waals surface area contributed by atoms with Crippen molar-refractivity contribution in [2.45, 2.75) is 12.8 Å². The molecule has 0 N–H and O–H groups in total. The maximum atomic E-state index is 2.70. The predicted octanol–water partition coefficient (Wildman–Crippen LogP) is 3.53. The summed E-state index contributed by atoms with van der Waals surface area (Å²) in [5, 5.41) is 0. The van der Waals surface area contributed by atoms with E-state index in [-0.39, 0.29) is 0 Å². The third-order valence-corrected chi connectivity index (χ3v) is 5.85. The van der Waals surface area contributed by atoms with Crippen molar-refractivity contribution in [2.75, 3.05) is 39.3 Å². The van der Waals surface area contributed by atoms with Crippen LogP contribution in [0.3, 0.4) is 0 Å². The molecule has 122 valence electrons. The Morgan fingerprint density at radius 1 is 0.913 bits per heavy atom. The Bertz CT molecular complexity index is 554.